The molecule has 3 nitrogen and oxygen atoms in total. The van der Waals surface area contributed by atoms with Crippen molar-refractivity contribution in [2.24, 2.45) is 28.9 Å². The summed E-state index contributed by atoms with van der Waals surface area (Å²) in [6.45, 7) is 2.10. The van der Waals surface area contributed by atoms with Crippen LogP contribution in [0.4, 0.5) is 0 Å². The molecule has 20 heavy (non-hydrogen) atoms. The van der Waals surface area contributed by atoms with Crippen LogP contribution >= 0.6 is 0 Å². The summed E-state index contributed by atoms with van der Waals surface area (Å²) in [5.74, 6) is 3.09. The molecule has 3 N–H and O–H groups in total. The van der Waals surface area contributed by atoms with Gasteiger partial charge in [-0.05, 0) is 87.0 Å². The van der Waals surface area contributed by atoms with E-state index >= 15 is 0 Å². The molecule has 1 aromatic rings. The Hall–Kier alpha value is -0.830. The van der Waals surface area contributed by atoms with E-state index in [0.29, 0.717) is 11.5 Å². The van der Waals surface area contributed by atoms with Crippen LogP contribution in [0.5, 0.6) is 0 Å². The van der Waals surface area contributed by atoms with E-state index in [2.05, 4.69) is 17.1 Å². The van der Waals surface area contributed by atoms with Gasteiger partial charge in [-0.3, -0.25) is 5.10 Å². The first-order chi connectivity index (χ1) is 9.62. The molecule has 3 heteroatoms. The lowest BCUT2D eigenvalue weighted by Gasteiger charge is -2.57. The van der Waals surface area contributed by atoms with Gasteiger partial charge in [0.25, 0.3) is 0 Å². The summed E-state index contributed by atoms with van der Waals surface area (Å²) in [5, 5.41) is 7.15. The molecule has 4 aliphatic carbocycles. The summed E-state index contributed by atoms with van der Waals surface area (Å²) >= 11 is 0. The zero-order valence-corrected chi connectivity index (χ0v) is 12.6. The average molecular weight is 273 g/mol. The van der Waals surface area contributed by atoms with Crippen molar-refractivity contribution in [2.75, 3.05) is 0 Å². The molecule has 5 rings (SSSR count). The lowest BCUT2D eigenvalue weighted by atomic mass is 9.48. The van der Waals surface area contributed by atoms with Crippen molar-refractivity contribution in [3.8, 4) is 0 Å². The van der Waals surface area contributed by atoms with Gasteiger partial charge in [0, 0.05) is 11.7 Å². The van der Waals surface area contributed by atoms with Gasteiger partial charge in [-0.15, -0.1) is 0 Å². The van der Waals surface area contributed by atoms with Crippen LogP contribution in [0, 0.1) is 30.1 Å². The van der Waals surface area contributed by atoms with E-state index in [0.717, 1.165) is 24.2 Å². The molecule has 4 bridgehead atoms. The molecule has 4 fully saturated rings. The number of nitrogens with two attached hydrogens (primary N) is 1. The number of nitrogens with one attached hydrogen (secondary N) is 1. The highest BCUT2D eigenvalue weighted by atomic mass is 15.1. The van der Waals surface area contributed by atoms with Crippen molar-refractivity contribution < 1.29 is 0 Å². The first-order valence-electron chi connectivity index (χ1n) is 8.36. The summed E-state index contributed by atoms with van der Waals surface area (Å²) in [7, 11) is 0. The second kappa shape index (κ2) is 4.59. The van der Waals surface area contributed by atoms with E-state index in [1.54, 1.807) is 0 Å². The quantitative estimate of drug-likeness (QED) is 0.885. The third-order valence-electron chi connectivity index (χ3n) is 6.28. The van der Waals surface area contributed by atoms with E-state index < -0.39 is 0 Å². The van der Waals surface area contributed by atoms with Crippen molar-refractivity contribution in [3.05, 3.63) is 17.5 Å². The van der Waals surface area contributed by atoms with Crippen molar-refractivity contribution in [1.29, 1.82) is 0 Å². The molecule has 4 aliphatic rings. The molecule has 0 amide bonds. The highest BCUT2D eigenvalue weighted by Crippen LogP contribution is 2.61. The van der Waals surface area contributed by atoms with Gasteiger partial charge in [-0.2, -0.15) is 5.10 Å². The lowest BCUT2D eigenvalue weighted by Crippen LogP contribution is -2.48. The number of aryl methyl sites for hydroxylation is 1. The molecule has 1 unspecified atom stereocenters. The number of hydrogen-bond acceptors (Lipinski definition) is 2. The minimum atomic E-state index is 0.308. The fourth-order valence-electron chi connectivity index (χ4n) is 6.03. The molecule has 0 aliphatic heterocycles. The van der Waals surface area contributed by atoms with E-state index in [-0.39, 0.29) is 0 Å². The smallest absolute Gasteiger partial charge is 0.0522 e. The summed E-state index contributed by atoms with van der Waals surface area (Å²) in [4.78, 5) is 0. The Morgan fingerprint density at radius 1 is 1.25 bits per heavy atom. The minimum absolute atomic E-state index is 0.308. The second-order valence-corrected chi connectivity index (χ2v) is 8.11. The summed E-state index contributed by atoms with van der Waals surface area (Å²) in [6.07, 6.45) is 13.2. The van der Waals surface area contributed by atoms with Gasteiger partial charge >= 0.3 is 0 Å². The van der Waals surface area contributed by atoms with Crippen LogP contribution < -0.4 is 5.73 Å². The second-order valence-electron chi connectivity index (χ2n) is 8.11. The normalized spacial score (nSPS) is 40.2. The zero-order valence-electron chi connectivity index (χ0n) is 12.6. The van der Waals surface area contributed by atoms with E-state index in [4.69, 9.17) is 5.73 Å². The van der Waals surface area contributed by atoms with Crippen LogP contribution in [0.2, 0.25) is 0 Å². The van der Waals surface area contributed by atoms with E-state index in [9.17, 15) is 0 Å². The Bertz CT molecular complexity index is 455. The fourth-order valence-corrected chi connectivity index (χ4v) is 6.03. The first kappa shape index (κ1) is 12.9. The van der Waals surface area contributed by atoms with Gasteiger partial charge in [0.1, 0.15) is 0 Å². The Balaban J connectivity index is 1.44. The number of nitrogens with zero attached hydrogens (tertiary/aromatic N) is 1. The van der Waals surface area contributed by atoms with Crippen LogP contribution in [0.3, 0.4) is 0 Å². The summed E-state index contributed by atoms with van der Waals surface area (Å²) in [6, 6.07) is 0.308. The Morgan fingerprint density at radius 3 is 2.35 bits per heavy atom. The maximum atomic E-state index is 6.51. The van der Waals surface area contributed by atoms with Gasteiger partial charge in [0.05, 0.1) is 6.20 Å². The molecule has 0 spiro atoms. The minimum Gasteiger partial charge on any atom is -0.327 e. The Kier molecular flexibility index (Phi) is 2.95. The number of H-pyrrole nitrogens is 1. The van der Waals surface area contributed by atoms with Crippen LogP contribution in [0.1, 0.15) is 56.2 Å². The number of aromatic amines is 1. The summed E-state index contributed by atoms with van der Waals surface area (Å²) < 4.78 is 0. The lowest BCUT2D eigenvalue weighted by molar-refractivity contribution is -0.0602. The van der Waals surface area contributed by atoms with Crippen molar-refractivity contribution in [1.82, 2.24) is 10.2 Å². The molecular formula is C17H27N3. The third kappa shape index (κ3) is 2.20. The van der Waals surface area contributed by atoms with Gasteiger partial charge in [0.15, 0.2) is 0 Å². The third-order valence-corrected chi connectivity index (χ3v) is 6.28. The number of aromatic nitrogens is 2. The molecule has 110 valence electrons. The number of rotatable bonds is 4. The SMILES string of the molecule is Cc1[nH]ncc1CC(N)CC12CC3CC(CC(C3)C1)C2. The van der Waals surface area contributed by atoms with Crippen LogP contribution in [-0.2, 0) is 6.42 Å². The standard InChI is InChI=1S/C17H27N3/c1-11-15(10-19-20-11)5-16(18)9-17-6-12-2-13(7-17)4-14(3-12)8-17/h10,12-14,16H,2-9,18H2,1H3,(H,19,20). The predicted octanol–water partition coefficient (Wildman–Crippen LogP) is 3.19. The Labute approximate surface area is 121 Å². The first-order valence-corrected chi connectivity index (χ1v) is 8.36. The van der Waals surface area contributed by atoms with Crippen molar-refractivity contribution in [3.63, 3.8) is 0 Å². The number of hydrogen-bond donors (Lipinski definition) is 2. The molecule has 4 saturated carbocycles. The topological polar surface area (TPSA) is 54.7 Å². The van der Waals surface area contributed by atoms with Gasteiger partial charge in [-0.25, -0.2) is 0 Å². The highest BCUT2D eigenvalue weighted by Gasteiger charge is 2.50. The molecular weight excluding hydrogens is 246 g/mol. The van der Waals surface area contributed by atoms with Crippen LogP contribution in [-0.4, -0.2) is 16.2 Å². The molecule has 0 aromatic carbocycles. The van der Waals surface area contributed by atoms with E-state index in [1.165, 1.54) is 56.2 Å². The maximum absolute atomic E-state index is 6.51. The predicted molar refractivity (Wildman–Crippen MR) is 80.2 cm³/mol. The van der Waals surface area contributed by atoms with Gasteiger partial charge < -0.3 is 5.73 Å². The Morgan fingerprint density at radius 2 is 1.85 bits per heavy atom. The average Bonchev–Trinajstić information content (AvgIpc) is 2.72. The zero-order chi connectivity index (χ0) is 13.7. The maximum Gasteiger partial charge on any atom is 0.0522 e. The fraction of sp³-hybridized carbons (Fsp3) is 0.824. The monoisotopic (exact) mass is 273 g/mol. The molecule has 1 heterocycles. The largest absolute Gasteiger partial charge is 0.327 e. The van der Waals surface area contributed by atoms with Crippen molar-refractivity contribution >= 4 is 0 Å². The highest BCUT2D eigenvalue weighted by molar-refractivity contribution is 5.16. The molecule has 0 radical (unpaired) electrons. The molecule has 1 aromatic heterocycles. The summed E-state index contributed by atoms with van der Waals surface area (Å²) in [5.41, 5.74) is 9.61. The van der Waals surface area contributed by atoms with Crippen LogP contribution in [0.15, 0.2) is 6.20 Å². The van der Waals surface area contributed by atoms with Crippen LogP contribution in [0.25, 0.3) is 0 Å². The van der Waals surface area contributed by atoms with Crippen molar-refractivity contribution in [2.45, 2.75) is 64.3 Å². The van der Waals surface area contributed by atoms with Gasteiger partial charge in [0.2, 0.25) is 0 Å². The molecule has 0 saturated heterocycles. The van der Waals surface area contributed by atoms with Gasteiger partial charge in [-0.1, -0.05) is 0 Å². The molecule has 1 atom stereocenters. The van der Waals surface area contributed by atoms with E-state index in [1.807, 2.05) is 6.20 Å².